The predicted octanol–water partition coefficient (Wildman–Crippen LogP) is 3.25. The summed E-state index contributed by atoms with van der Waals surface area (Å²) in [5.74, 6) is -0.0432. The number of halogens is 1. The Balaban J connectivity index is 1.46. The summed E-state index contributed by atoms with van der Waals surface area (Å²) in [6.07, 6.45) is 1.01. The monoisotopic (exact) mass is 595 g/mol. The van der Waals surface area contributed by atoms with Gasteiger partial charge in [0.15, 0.2) is 20.6 Å². The number of aromatic nitrogens is 3. The summed E-state index contributed by atoms with van der Waals surface area (Å²) in [6.45, 7) is 4.38. The quantitative estimate of drug-likeness (QED) is 0.299. The molecule has 4 aromatic rings. The van der Waals surface area contributed by atoms with E-state index in [0.29, 0.717) is 49.4 Å². The summed E-state index contributed by atoms with van der Waals surface area (Å²) in [5, 5.41) is 16.1. The number of morpholine rings is 1. The van der Waals surface area contributed by atoms with Crippen molar-refractivity contribution in [2.75, 3.05) is 56.0 Å². The van der Waals surface area contributed by atoms with Crippen LogP contribution in [0.3, 0.4) is 0 Å². The molecule has 220 valence electrons. The zero-order valence-electron chi connectivity index (χ0n) is 23.1. The maximum absolute atomic E-state index is 13.5. The second-order valence-electron chi connectivity index (χ2n) is 9.74. The van der Waals surface area contributed by atoms with Gasteiger partial charge in [0.2, 0.25) is 5.88 Å². The van der Waals surface area contributed by atoms with Crippen LogP contribution in [0.15, 0.2) is 65.7 Å². The number of nitrogens with zero attached hydrogens (tertiary/aromatic N) is 4. The number of hydrogen-bond donors (Lipinski definition) is 2. The number of sulfone groups is 1. The van der Waals surface area contributed by atoms with E-state index in [-0.39, 0.29) is 23.9 Å². The number of aliphatic hydroxyl groups is 1. The number of benzene rings is 2. The molecule has 2 aromatic heterocycles. The van der Waals surface area contributed by atoms with E-state index in [1.807, 2.05) is 19.1 Å². The highest BCUT2D eigenvalue weighted by Crippen LogP contribution is 2.32. The Kier molecular flexibility index (Phi) is 8.52. The van der Waals surface area contributed by atoms with Gasteiger partial charge in [-0.2, -0.15) is 10.1 Å². The van der Waals surface area contributed by atoms with Gasteiger partial charge in [0, 0.05) is 37.2 Å². The zero-order valence-corrected chi connectivity index (χ0v) is 23.9. The van der Waals surface area contributed by atoms with Crippen molar-refractivity contribution in [2.24, 2.45) is 0 Å². The largest absolute Gasteiger partial charge is 0.475 e. The number of rotatable bonds is 9. The number of nitrogens with one attached hydrogen (secondary N) is 1. The van der Waals surface area contributed by atoms with E-state index < -0.39 is 21.6 Å². The molecule has 11 nitrogen and oxygen atoms in total. The zero-order chi connectivity index (χ0) is 29.9. The molecular formula is C29H30FN5O6S. The molecule has 3 heterocycles. The molecule has 0 saturated carbocycles. The number of amides is 1. The normalized spacial score (nSPS) is 13.7. The van der Waals surface area contributed by atoms with Gasteiger partial charge in [-0.15, -0.1) is 0 Å². The molecule has 0 atom stereocenters. The lowest BCUT2D eigenvalue weighted by Gasteiger charge is -2.28. The molecule has 0 radical (unpaired) electrons. The smallest absolute Gasteiger partial charge is 0.276 e. The van der Waals surface area contributed by atoms with Crippen LogP contribution in [0.2, 0.25) is 0 Å². The average Bonchev–Trinajstić information content (AvgIpc) is 3.44. The van der Waals surface area contributed by atoms with Gasteiger partial charge in [-0.1, -0.05) is 6.07 Å². The Hall–Kier alpha value is -4.33. The Morgan fingerprint density at radius 2 is 1.83 bits per heavy atom. The fourth-order valence-corrected chi connectivity index (χ4v) is 5.32. The Bertz CT molecular complexity index is 1700. The predicted molar refractivity (Wildman–Crippen MR) is 155 cm³/mol. The molecule has 0 spiro atoms. The van der Waals surface area contributed by atoms with E-state index in [1.165, 1.54) is 30.3 Å². The fraction of sp³-hybridized carbons (Fsp3) is 0.276. The highest BCUT2D eigenvalue weighted by atomic mass is 32.2. The molecule has 1 amide bonds. The third-order valence-corrected chi connectivity index (χ3v) is 7.68. The minimum Gasteiger partial charge on any atom is -0.475 e. The topological polar surface area (TPSA) is 136 Å². The van der Waals surface area contributed by atoms with Gasteiger partial charge >= 0.3 is 0 Å². The number of ether oxygens (including phenoxy) is 2. The van der Waals surface area contributed by atoms with Gasteiger partial charge in [0.05, 0.1) is 25.5 Å². The van der Waals surface area contributed by atoms with Crippen LogP contribution in [0.4, 0.5) is 15.9 Å². The van der Waals surface area contributed by atoms with Gasteiger partial charge in [0.25, 0.3) is 5.91 Å². The fourth-order valence-electron chi connectivity index (χ4n) is 4.54. The summed E-state index contributed by atoms with van der Waals surface area (Å²) in [7, 11) is -3.77. The highest BCUT2D eigenvalue weighted by Gasteiger charge is 2.23. The van der Waals surface area contributed by atoms with Crippen LogP contribution in [0.1, 0.15) is 16.1 Å². The van der Waals surface area contributed by atoms with Crippen LogP contribution >= 0.6 is 0 Å². The van der Waals surface area contributed by atoms with E-state index in [0.717, 1.165) is 27.6 Å². The van der Waals surface area contributed by atoms with E-state index in [4.69, 9.17) is 9.47 Å². The van der Waals surface area contributed by atoms with Crippen molar-refractivity contribution in [3.05, 3.63) is 77.7 Å². The molecule has 1 aliphatic heterocycles. The van der Waals surface area contributed by atoms with E-state index >= 15 is 0 Å². The molecule has 42 heavy (non-hydrogen) atoms. The number of hydrogen-bond acceptors (Lipinski definition) is 9. The standard InChI is InChI=1S/C29H30FN5O6S/c1-19-3-6-22(17-24(19)20-15-26(34-9-12-40-13-10-34)32-27(16-20)41-14-11-36)31-29(37)25-18-28(42(2,38)39)35(33-25)23-7-4-21(30)5-8-23/h3-8,15-18,36H,9-14H2,1-2H3,(H,31,37). The number of carbonyl (C=O) groups is 1. The number of aryl methyl sites for hydroxylation is 1. The van der Waals surface area contributed by atoms with Crippen LogP contribution in [0, 0.1) is 12.7 Å². The molecule has 0 bridgehead atoms. The first-order valence-electron chi connectivity index (χ1n) is 13.2. The van der Waals surface area contributed by atoms with Crippen LogP contribution in [-0.2, 0) is 14.6 Å². The van der Waals surface area contributed by atoms with Gasteiger partial charge < -0.3 is 24.8 Å². The number of carbonyl (C=O) groups excluding carboxylic acids is 1. The van der Waals surface area contributed by atoms with Crippen molar-refractivity contribution < 1.29 is 32.2 Å². The molecule has 2 aromatic carbocycles. The lowest BCUT2D eigenvalue weighted by Crippen LogP contribution is -2.36. The summed E-state index contributed by atoms with van der Waals surface area (Å²) < 4.78 is 50.6. The van der Waals surface area contributed by atoms with Gasteiger partial charge in [0.1, 0.15) is 18.2 Å². The molecule has 13 heteroatoms. The maximum Gasteiger partial charge on any atom is 0.276 e. The molecular weight excluding hydrogens is 565 g/mol. The van der Waals surface area contributed by atoms with Crippen molar-refractivity contribution >= 4 is 27.2 Å². The van der Waals surface area contributed by atoms with E-state index in [2.05, 4.69) is 20.3 Å². The Morgan fingerprint density at radius 1 is 1.10 bits per heavy atom. The first kappa shape index (κ1) is 29.2. The SMILES string of the molecule is Cc1ccc(NC(=O)c2cc(S(C)(=O)=O)n(-c3ccc(F)cc3)n2)cc1-c1cc(OCCO)nc(N2CCOCC2)c1. The van der Waals surface area contributed by atoms with Crippen LogP contribution in [-0.4, -0.2) is 80.0 Å². The van der Waals surface area contributed by atoms with Gasteiger partial charge in [-0.3, -0.25) is 4.79 Å². The van der Waals surface area contributed by atoms with Crippen molar-refractivity contribution in [3.63, 3.8) is 0 Å². The molecule has 1 aliphatic rings. The number of aliphatic hydroxyl groups excluding tert-OH is 1. The summed E-state index contributed by atoms with van der Waals surface area (Å²) >= 11 is 0. The molecule has 0 unspecified atom stereocenters. The minimum atomic E-state index is -3.77. The van der Waals surface area contributed by atoms with E-state index in [9.17, 15) is 22.7 Å². The molecule has 5 rings (SSSR count). The van der Waals surface area contributed by atoms with Crippen LogP contribution < -0.4 is 15.0 Å². The van der Waals surface area contributed by atoms with E-state index in [1.54, 1.807) is 18.2 Å². The van der Waals surface area contributed by atoms with Crippen LogP contribution in [0.25, 0.3) is 16.8 Å². The lowest BCUT2D eigenvalue weighted by molar-refractivity contribution is 0.102. The second-order valence-corrected chi connectivity index (χ2v) is 11.7. The third kappa shape index (κ3) is 6.59. The van der Waals surface area contributed by atoms with Gasteiger partial charge in [-0.05, 0) is 66.1 Å². The second kappa shape index (κ2) is 12.3. The van der Waals surface area contributed by atoms with Crippen molar-refractivity contribution in [1.29, 1.82) is 0 Å². The number of pyridine rings is 1. The summed E-state index contributed by atoms with van der Waals surface area (Å²) in [5.41, 5.74) is 3.17. The van der Waals surface area contributed by atoms with Crippen molar-refractivity contribution in [2.45, 2.75) is 11.9 Å². The summed E-state index contributed by atoms with van der Waals surface area (Å²) in [6, 6.07) is 15.4. The highest BCUT2D eigenvalue weighted by molar-refractivity contribution is 7.90. The molecule has 1 saturated heterocycles. The number of anilines is 2. The van der Waals surface area contributed by atoms with Gasteiger partial charge in [-0.25, -0.2) is 17.5 Å². The molecule has 0 aliphatic carbocycles. The lowest BCUT2D eigenvalue weighted by atomic mass is 10.00. The molecule has 1 fully saturated rings. The first-order valence-corrected chi connectivity index (χ1v) is 15.1. The Morgan fingerprint density at radius 3 is 2.52 bits per heavy atom. The minimum absolute atomic E-state index is 0.0914. The Labute approximate surface area is 242 Å². The van der Waals surface area contributed by atoms with Crippen molar-refractivity contribution in [1.82, 2.24) is 14.8 Å². The molecule has 2 N–H and O–H groups in total. The third-order valence-electron chi connectivity index (χ3n) is 6.63. The average molecular weight is 596 g/mol. The maximum atomic E-state index is 13.5. The first-order chi connectivity index (χ1) is 20.1. The van der Waals surface area contributed by atoms with Crippen molar-refractivity contribution in [3.8, 4) is 22.7 Å². The summed E-state index contributed by atoms with van der Waals surface area (Å²) in [4.78, 5) is 19.9. The van der Waals surface area contributed by atoms with Crippen LogP contribution in [0.5, 0.6) is 5.88 Å².